The lowest BCUT2D eigenvalue weighted by Crippen LogP contribution is -2.54. The Balaban J connectivity index is 0.000000146. The summed E-state index contributed by atoms with van der Waals surface area (Å²) in [6, 6.07) is 4.77. The molecule has 4 atom stereocenters. The van der Waals surface area contributed by atoms with Crippen LogP contribution in [0.1, 0.15) is 38.8 Å². The van der Waals surface area contributed by atoms with Crippen LogP contribution in [0, 0.1) is 45.3 Å². The van der Waals surface area contributed by atoms with Crippen LogP contribution >= 0.6 is 11.6 Å². The Labute approximate surface area is 287 Å². The molecule has 7 N–H and O–H groups in total. The first-order valence-electron chi connectivity index (χ1n) is 16.0. The summed E-state index contributed by atoms with van der Waals surface area (Å²) in [5.74, 6) is 1.37. The van der Waals surface area contributed by atoms with Crippen molar-refractivity contribution >= 4 is 51.6 Å². The minimum atomic E-state index is -0.350. The van der Waals surface area contributed by atoms with Gasteiger partial charge in [-0.05, 0) is 26.7 Å². The minimum Gasteiger partial charge on any atom is -0.396 e. The lowest BCUT2D eigenvalue weighted by Gasteiger charge is -2.44. The van der Waals surface area contributed by atoms with Crippen LogP contribution in [0.15, 0.2) is 37.0 Å². The van der Waals surface area contributed by atoms with E-state index in [1.165, 1.54) is 0 Å². The van der Waals surface area contributed by atoms with Crippen LogP contribution in [-0.2, 0) is 0 Å². The predicted molar refractivity (Wildman–Crippen MR) is 184 cm³/mol. The number of nitrogens with one attached hydrogen (secondary N) is 1. The zero-order valence-corrected chi connectivity index (χ0v) is 28.0. The maximum Gasteiger partial charge on any atom is 0.224 e. The van der Waals surface area contributed by atoms with E-state index in [0.29, 0.717) is 41.2 Å². The van der Waals surface area contributed by atoms with Gasteiger partial charge in [0.05, 0.1) is 47.7 Å². The first-order valence-corrected chi connectivity index (χ1v) is 16.4. The number of imidazole rings is 2. The Hall–Kier alpha value is -4.87. The average molecular weight is 687 g/mol. The number of nitriles is 2. The van der Waals surface area contributed by atoms with E-state index in [1.807, 2.05) is 46.1 Å². The second-order valence-electron chi connectivity index (χ2n) is 13.5. The third-order valence-electron chi connectivity index (χ3n) is 9.25. The van der Waals surface area contributed by atoms with Crippen molar-refractivity contribution in [1.29, 1.82) is 10.5 Å². The Morgan fingerprint density at radius 2 is 1.33 bits per heavy atom. The maximum atomic E-state index is 9.31. The van der Waals surface area contributed by atoms with Crippen LogP contribution in [0.3, 0.4) is 0 Å². The number of nitrogens with two attached hydrogens (primary N) is 2. The highest BCUT2D eigenvalue weighted by Crippen LogP contribution is 2.37. The van der Waals surface area contributed by atoms with Gasteiger partial charge in [0.15, 0.2) is 27.8 Å². The summed E-state index contributed by atoms with van der Waals surface area (Å²) < 4.78 is 3.89. The van der Waals surface area contributed by atoms with Crippen LogP contribution in [0.2, 0.25) is 5.15 Å². The normalized spacial score (nSPS) is 24.3. The quantitative estimate of drug-likeness (QED) is 0.149. The van der Waals surface area contributed by atoms with Gasteiger partial charge in [-0.15, -0.1) is 0 Å². The molecule has 2 fully saturated rings. The summed E-state index contributed by atoms with van der Waals surface area (Å²) >= 11 is 5.97. The van der Waals surface area contributed by atoms with E-state index in [9.17, 15) is 10.4 Å². The topological polar surface area (TPSA) is 243 Å². The first-order chi connectivity index (χ1) is 23.5. The number of halogens is 1. The SMILES string of the molecule is CC1(C#N)CN(c2nc(N)nc3c2ncn3[C@H]2C=C[C@@H](CO)C2)C1.CC1(C#N)CNC1.Nc1nc(Cl)c2ncn([C@H]3C=C[C@@H](CO)C3)c2n1. The molecule has 0 saturated carbocycles. The van der Waals surface area contributed by atoms with Crippen molar-refractivity contribution in [2.75, 3.05) is 55.8 Å². The number of aromatic nitrogens is 8. The van der Waals surface area contributed by atoms with Gasteiger partial charge in [-0.1, -0.05) is 35.9 Å². The largest absolute Gasteiger partial charge is 0.396 e. The van der Waals surface area contributed by atoms with E-state index in [-0.39, 0.29) is 65.0 Å². The number of fused-ring (bicyclic) bond motifs is 2. The fourth-order valence-electron chi connectivity index (χ4n) is 6.31. The molecule has 4 aromatic heterocycles. The zero-order valence-electron chi connectivity index (χ0n) is 27.3. The predicted octanol–water partition coefficient (Wildman–Crippen LogP) is 2.16. The molecule has 256 valence electrons. The summed E-state index contributed by atoms with van der Waals surface area (Å²) in [6.07, 6.45) is 13.2. The van der Waals surface area contributed by atoms with Crippen LogP contribution in [-0.4, -0.2) is 88.6 Å². The molecule has 8 rings (SSSR count). The second kappa shape index (κ2) is 13.6. The minimum absolute atomic E-state index is 0.0417. The Bertz CT molecular complexity index is 1980. The summed E-state index contributed by atoms with van der Waals surface area (Å²) in [5.41, 5.74) is 13.7. The highest BCUT2D eigenvalue weighted by Gasteiger charge is 2.41. The Morgan fingerprint density at radius 3 is 1.78 bits per heavy atom. The molecule has 2 aliphatic carbocycles. The summed E-state index contributed by atoms with van der Waals surface area (Å²) in [7, 11) is 0. The Kier molecular flexibility index (Phi) is 9.41. The number of nitrogens with zero attached hydrogens (tertiary/aromatic N) is 11. The van der Waals surface area contributed by atoms with Crippen molar-refractivity contribution in [2.24, 2.45) is 22.7 Å². The van der Waals surface area contributed by atoms with Crippen molar-refractivity contribution in [3.05, 3.63) is 42.1 Å². The number of anilines is 3. The molecule has 0 amide bonds. The standard InChI is InChI=1S/C16H19N7O.C11H12ClN5O.C5H8N2/c1-16(6-17)7-22(8-16)13-12-14(21-15(18)20-13)23(9-19-12)11-3-2-10(4-11)5-24;12-9-8-10(16-11(13)15-9)17(5-14-8)7-2-1-6(3-7)4-18;1-5(2-6)3-7-4-5/h2-3,9-11,24H,4-5,7-8H2,1H3,(H2,18,20,21);1-2,5-7,18H,3-4H2,(H2,13,15,16);7H,3-4H2,1H3/t10-,11+;6-,7+;/m11./s1. The van der Waals surface area contributed by atoms with Gasteiger partial charge in [0.2, 0.25) is 11.9 Å². The van der Waals surface area contributed by atoms with Gasteiger partial charge in [0.25, 0.3) is 0 Å². The van der Waals surface area contributed by atoms with Gasteiger partial charge < -0.3 is 41.0 Å². The molecule has 2 saturated heterocycles. The van der Waals surface area contributed by atoms with Crippen LogP contribution in [0.5, 0.6) is 0 Å². The van der Waals surface area contributed by atoms with Crippen molar-refractivity contribution in [3.8, 4) is 12.1 Å². The fourth-order valence-corrected chi connectivity index (χ4v) is 6.53. The summed E-state index contributed by atoms with van der Waals surface area (Å²) in [6.45, 7) is 7.13. The van der Waals surface area contributed by atoms with Crippen molar-refractivity contribution < 1.29 is 10.2 Å². The van der Waals surface area contributed by atoms with E-state index in [0.717, 1.165) is 25.9 Å². The lowest BCUT2D eigenvalue weighted by molar-refractivity contribution is 0.244. The third kappa shape index (κ3) is 6.86. The highest BCUT2D eigenvalue weighted by atomic mass is 35.5. The monoisotopic (exact) mass is 686 g/mol. The fraction of sp³-hybridized carbons (Fsp3) is 0.500. The van der Waals surface area contributed by atoms with E-state index in [4.69, 9.17) is 33.4 Å². The van der Waals surface area contributed by atoms with E-state index < -0.39 is 0 Å². The number of hydrogen-bond acceptors (Lipinski definition) is 14. The van der Waals surface area contributed by atoms with Crippen molar-refractivity contribution in [2.45, 2.75) is 38.8 Å². The van der Waals surface area contributed by atoms with E-state index in [1.54, 1.807) is 12.7 Å². The number of rotatable bonds is 5. The number of allylic oxidation sites excluding steroid dienone is 2. The van der Waals surface area contributed by atoms with Gasteiger partial charge in [-0.2, -0.15) is 30.5 Å². The molecule has 2 aliphatic heterocycles. The molecule has 0 bridgehead atoms. The van der Waals surface area contributed by atoms with Crippen molar-refractivity contribution in [1.82, 2.24) is 44.4 Å². The number of aliphatic hydroxyl groups excluding tert-OH is 2. The van der Waals surface area contributed by atoms with Crippen LogP contribution in [0.4, 0.5) is 17.7 Å². The lowest BCUT2D eigenvalue weighted by atomic mass is 9.84. The van der Waals surface area contributed by atoms with Crippen LogP contribution in [0.25, 0.3) is 22.3 Å². The number of hydrogen-bond donors (Lipinski definition) is 5. The molecule has 6 heterocycles. The average Bonchev–Trinajstić information content (AvgIpc) is 3.88. The van der Waals surface area contributed by atoms with Gasteiger partial charge >= 0.3 is 0 Å². The second-order valence-corrected chi connectivity index (χ2v) is 13.8. The molecule has 0 unspecified atom stereocenters. The smallest absolute Gasteiger partial charge is 0.224 e. The van der Waals surface area contributed by atoms with E-state index >= 15 is 0 Å². The molecule has 0 spiro atoms. The molecule has 4 aromatic rings. The van der Waals surface area contributed by atoms with Gasteiger partial charge in [0, 0.05) is 51.2 Å². The molecule has 4 aliphatic rings. The number of nitrogen functional groups attached to an aromatic ring is 2. The maximum absolute atomic E-state index is 9.31. The molecule has 49 heavy (non-hydrogen) atoms. The third-order valence-corrected chi connectivity index (χ3v) is 9.51. The summed E-state index contributed by atoms with van der Waals surface area (Å²) in [5, 5.41) is 39.3. The molecular formula is C32H39ClN14O2. The molecular weight excluding hydrogens is 648 g/mol. The summed E-state index contributed by atoms with van der Waals surface area (Å²) in [4.78, 5) is 27.5. The van der Waals surface area contributed by atoms with E-state index in [2.05, 4.69) is 53.4 Å². The highest BCUT2D eigenvalue weighted by molar-refractivity contribution is 6.33. The first kappa shape index (κ1) is 34.0. The van der Waals surface area contributed by atoms with Gasteiger partial charge in [-0.25, -0.2) is 9.97 Å². The molecule has 0 aromatic carbocycles. The van der Waals surface area contributed by atoms with Crippen LogP contribution < -0.4 is 21.7 Å². The van der Waals surface area contributed by atoms with Crippen molar-refractivity contribution in [3.63, 3.8) is 0 Å². The van der Waals surface area contributed by atoms with Gasteiger partial charge in [0.1, 0.15) is 5.52 Å². The number of aliphatic hydroxyl groups is 2. The Morgan fingerprint density at radius 1 is 0.816 bits per heavy atom. The van der Waals surface area contributed by atoms with Gasteiger partial charge in [-0.3, -0.25) is 0 Å². The zero-order chi connectivity index (χ0) is 34.9. The molecule has 0 radical (unpaired) electrons. The molecule has 17 heteroatoms. The molecule has 16 nitrogen and oxygen atoms in total.